The third-order valence-electron chi connectivity index (χ3n) is 3.07. The molecule has 0 N–H and O–H groups in total. The summed E-state index contributed by atoms with van der Waals surface area (Å²) in [5.74, 6) is 0.821. The van der Waals surface area contributed by atoms with Crippen LogP contribution in [0.1, 0.15) is 60.8 Å². The first-order valence-electron chi connectivity index (χ1n) is 5.92. The van der Waals surface area contributed by atoms with Crippen molar-refractivity contribution in [2.75, 3.05) is 0 Å². The first-order valence-corrected chi connectivity index (χ1v) is 5.92. The van der Waals surface area contributed by atoms with Crippen molar-refractivity contribution in [3.8, 4) is 0 Å². The normalized spacial score (nSPS) is 27.3. The molecule has 0 aromatic heterocycles. The summed E-state index contributed by atoms with van der Waals surface area (Å²) in [7, 11) is 0. The summed E-state index contributed by atoms with van der Waals surface area (Å²) in [6.07, 6.45) is 6.63. The van der Waals surface area contributed by atoms with Crippen LogP contribution in [-0.2, 0) is 0 Å². The molecule has 0 aromatic carbocycles. The van der Waals surface area contributed by atoms with E-state index in [2.05, 4.69) is 47.6 Å². The molecule has 0 nitrogen and oxygen atoms in total. The zero-order valence-electron chi connectivity index (χ0n) is 10.8. The molecule has 1 aliphatic rings. The Balaban J connectivity index is 2.85. The van der Waals surface area contributed by atoms with E-state index in [4.69, 9.17) is 0 Å². The minimum atomic E-state index is 0.350. The number of allylic oxidation sites excluding steroid dienone is 2. The van der Waals surface area contributed by atoms with E-state index in [0.717, 1.165) is 5.92 Å². The second-order valence-electron chi connectivity index (χ2n) is 6.90. The molecule has 0 bridgehead atoms. The van der Waals surface area contributed by atoms with Gasteiger partial charge in [0.1, 0.15) is 0 Å². The van der Waals surface area contributed by atoms with Gasteiger partial charge < -0.3 is 0 Å². The van der Waals surface area contributed by atoms with E-state index in [1.165, 1.54) is 19.3 Å². The largest absolute Gasteiger partial charge is 0.0796 e. The average molecular weight is 194 g/mol. The first-order chi connectivity index (χ1) is 6.20. The second kappa shape index (κ2) is 3.72. The van der Waals surface area contributed by atoms with Gasteiger partial charge in [0.05, 0.1) is 0 Å². The Bertz CT molecular complexity index is 219. The van der Waals surface area contributed by atoms with Crippen LogP contribution in [0.2, 0.25) is 0 Å². The van der Waals surface area contributed by atoms with Gasteiger partial charge in [-0.2, -0.15) is 0 Å². The Hall–Kier alpha value is -0.260. The van der Waals surface area contributed by atoms with Crippen LogP contribution < -0.4 is 0 Å². The zero-order chi connectivity index (χ0) is 11.0. The maximum atomic E-state index is 2.51. The molecule has 1 unspecified atom stereocenters. The fourth-order valence-electron chi connectivity index (χ4n) is 2.59. The summed E-state index contributed by atoms with van der Waals surface area (Å²) in [6.45, 7) is 14.0. The highest BCUT2D eigenvalue weighted by atomic mass is 14.4. The molecule has 1 fully saturated rings. The molecule has 0 saturated heterocycles. The average Bonchev–Trinajstić information content (AvgIpc) is 2.29. The third kappa shape index (κ3) is 3.15. The monoisotopic (exact) mass is 194 g/mol. The number of hydrogen-bond donors (Lipinski definition) is 0. The molecule has 1 saturated carbocycles. The Morgan fingerprint density at radius 3 is 2.07 bits per heavy atom. The van der Waals surface area contributed by atoms with Gasteiger partial charge in [-0.15, -0.1) is 0 Å². The molecular formula is C14H26. The van der Waals surface area contributed by atoms with E-state index in [0.29, 0.717) is 10.8 Å². The van der Waals surface area contributed by atoms with Crippen molar-refractivity contribution < 1.29 is 0 Å². The van der Waals surface area contributed by atoms with Gasteiger partial charge in [-0.3, -0.25) is 0 Å². The lowest BCUT2D eigenvalue weighted by molar-refractivity contribution is 0.282. The molecule has 0 amide bonds. The van der Waals surface area contributed by atoms with Crippen molar-refractivity contribution in [2.24, 2.45) is 16.7 Å². The summed E-state index contributed by atoms with van der Waals surface area (Å²) >= 11 is 0. The van der Waals surface area contributed by atoms with Gasteiger partial charge in [0.25, 0.3) is 0 Å². The molecule has 0 aliphatic heterocycles. The standard InChI is InChI=1S/C14H26/c1-13(2,3)10-11-8-7-9-12(11)14(4,5)6/h10,12H,7-9H2,1-6H3/b11-10-. The van der Waals surface area contributed by atoms with E-state index in [9.17, 15) is 0 Å². The number of hydrogen-bond acceptors (Lipinski definition) is 0. The molecule has 0 spiro atoms. The zero-order valence-corrected chi connectivity index (χ0v) is 10.8. The highest BCUT2D eigenvalue weighted by Crippen LogP contribution is 2.44. The van der Waals surface area contributed by atoms with Crippen LogP contribution in [0.5, 0.6) is 0 Å². The summed E-state index contributed by atoms with van der Waals surface area (Å²) in [5.41, 5.74) is 2.52. The van der Waals surface area contributed by atoms with Gasteiger partial charge >= 0.3 is 0 Å². The molecule has 0 heterocycles. The maximum absolute atomic E-state index is 2.51. The van der Waals surface area contributed by atoms with Crippen LogP contribution in [0.25, 0.3) is 0 Å². The molecule has 0 radical (unpaired) electrons. The van der Waals surface area contributed by atoms with Crippen molar-refractivity contribution in [1.29, 1.82) is 0 Å². The highest BCUT2D eigenvalue weighted by molar-refractivity contribution is 5.16. The van der Waals surface area contributed by atoms with Gasteiger partial charge in [0.2, 0.25) is 0 Å². The van der Waals surface area contributed by atoms with Crippen LogP contribution in [-0.4, -0.2) is 0 Å². The Labute approximate surface area is 89.8 Å². The Morgan fingerprint density at radius 1 is 1.07 bits per heavy atom. The van der Waals surface area contributed by atoms with E-state index in [-0.39, 0.29) is 0 Å². The van der Waals surface area contributed by atoms with Gasteiger partial charge in [-0.25, -0.2) is 0 Å². The van der Waals surface area contributed by atoms with E-state index in [1.807, 2.05) is 0 Å². The predicted octanol–water partition coefficient (Wildman–Crippen LogP) is 4.81. The molecule has 0 heteroatoms. The van der Waals surface area contributed by atoms with Gasteiger partial charge in [0, 0.05) is 0 Å². The Kier molecular flexibility index (Phi) is 3.13. The SMILES string of the molecule is CC(C)(C)/C=C1/CCCC1C(C)(C)C. The van der Waals surface area contributed by atoms with Gasteiger partial charge in [-0.1, -0.05) is 53.2 Å². The lowest BCUT2D eigenvalue weighted by Gasteiger charge is -2.29. The van der Waals surface area contributed by atoms with Gasteiger partial charge in [0.15, 0.2) is 0 Å². The molecule has 82 valence electrons. The van der Waals surface area contributed by atoms with Gasteiger partial charge in [-0.05, 0) is 36.0 Å². The lowest BCUT2D eigenvalue weighted by Crippen LogP contribution is -2.19. The van der Waals surface area contributed by atoms with Crippen LogP contribution in [0.15, 0.2) is 11.6 Å². The first kappa shape index (κ1) is 11.8. The fraction of sp³-hybridized carbons (Fsp3) is 0.857. The number of rotatable bonds is 0. The molecule has 1 rings (SSSR count). The van der Waals surface area contributed by atoms with Crippen molar-refractivity contribution in [2.45, 2.75) is 60.8 Å². The van der Waals surface area contributed by atoms with Crippen LogP contribution in [0.4, 0.5) is 0 Å². The second-order valence-corrected chi connectivity index (χ2v) is 6.90. The minimum absolute atomic E-state index is 0.350. The molecular weight excluding hydrogens is 168 g/mol. The van der Waals surface area contributed by atoms with E-state index in [1.54, 1.807) is 5.57 Å². The molecule has 1 atom stereocenters. The minimum Gasteiger partial charge on any atom is -0.0796 e. The lowest BCUT2D eigenvalue weighted by atomic mass is 9.76. The van der Waals surface area contributed by atoms with E-state index >= 15 is 0 Å². The van der Waals surface area contributed by atoms with Crippen LogP contribution in [0, 0.1) is 16.7 Å². The molecule has 14 heavy (non-hydrogen) atoms. The quantitative estimate of drug-likeness (QED) is 0.486. The van der Waals surface area contributed by atoms with E-state index < -0.39 is 0 Å². The van der Waals surface area contributed by atoms with Crippen molar-refractivity contribution >= 4 is 0 Å². The summed E-state index contributed by atoms with van der Waals surface area (Å²) in [5, 5.41) is 0. The fourth-order valence-corrected chi connectivity index (χ4v) is 2.59. The predicted molar refractivity (Wildman–Crippen MR) is 64.3 cm³/mol. The molecule has 0 aromatic rings. The van der Waals surface area contributed by atoms with Crippen molar-refractivity contribution in [3.05, 3.63) is 11.6 Å². The van der Waals surface area contributed by atoms with Crippen LogP contribution in [0.3, 0.4) is 0 Å². The Morgan fingerprint density at radius 2 is 1.64 bits per heavy atom. The van der Waals surface area contributed by atoms with Crippen molar-refractivity contribution in [3.63, 3.8) is 0 Å². The van der Waals surface area contributed by atoms with Crippen molar-refractivity contribution in [1.82, 2.24) is 0 Å². The summed E-state index contributed by atoms with van der Waals surface area (Å²) in [4.78, 5) is 0. The summed E-state index contributed by atoms with van der Waals surface area (Å²) < 4.78 is 0. The summed E-state index contributed by atoms with van der Waals surface area (Å²) in [6, 6.07) is 0. The van der Waals surface area contributed by atoms with Crippen LogP contribution >= 0.6 is 0 Å². The smallest absolute Gasteiger partial charge is 0.0154 e. The topological polar surface area (TPSA) is 0 Å². The third-order valence-corrected chi connectivity index (χ3v) is 3.07. The maximum Gasteiger partial charge on any atom is -0.0154 e. The highest BCUT2D eigenvalue weighted by Gasteiger charge is 2.32. The molecule has 1 aliphatic carbocycles.